The Balaban J connectivity index is 2.86. The van der Waals surface area contributed by atoms with Crippen LogP contribution in [-0.2, 0) is 4.74 Å². The van der Waals surface area contributed by atoms with Gasteiger partial charge in [0.25, 0.3) is 0 Å². The molecule has 0 aliphatic rings. The minimum Gasteiger partial charge on any atom is -0.465 e. The Bertz CT molecular complexity index is 400. The molecule has 1 rings (SSSR count). The average molecular weight is 220 g/mol. The van der Waals surface area contributed by atoms with E-state index in [1.54, 1.807) is 12.1 Å². The molecule has 0 amide bonds. The number of anilines is 1. The minimum atomic E-state index is -0.421. The Morgan fingerprint density at radius 1 is 1.50 bits per heavy atom. The largest absolute Gasteiger partial charge is 0.465 e. The lowest BCUT2D eigenvalue weighted by Crippen LogP contribution is -2.05. The van der Waals surface area contributed by atoms with Gasteiger partial charge in [0.05, 0.1) is 12.7 Å². The number of esters is 1. The summed E-state index contributed by atoms with van der Waals surface area (Å²) >= 11 is 0. The highest BCUT2D eigenvalue weighted by Gasteiger charge is 2.08. The summed E-state index contributed by atoms with van der Waals surface area (Å²) in [6.07, 6.45) is 4.70. The van der Waals surface area contributed by atoms with Gasteiger partial charge in [-0.2, -0.15) is 0 Å². The van der Waals surface area contributed by atoms with Crippen molar-refractivity contribution in [2.45, 2.75) is 6.42 Å². The number of nitrogens with two attached hydrogens (primary N) is 2. The third kappa shape index (κ3) is 3.10. The van der Waals surface area contributed by atoms with Crippen LogP contribution in [-0.4, -0.2) is 19.6 Å². The summed E-state index contributed by atoms with van der Waals surface area (Å²) in [6.45, 7) is 0.617. The van der Waals surface area contributed by atoms with Crippen LogP contribution in [0.15, 0.2) is 24.3 Å². The lowest BCUT2D eigenvalue weighted by atomic mass is 10.1. The van der Waals surface area contributed by atoms with Crippen molar-refractivity contribution in [1.82, 2.24) is 0 Å². The summed E-state index contributed by atoms with van der Waals surface area (Å²) in [5.74, 6) is -0.421. The van der Waals surface area contributed by atoms with E-state index in [0.29, 0.717) is 17.8 Å². The smallest absolute Gasteiger partial charge is 0.339 e. The molecule has 4 nitrogen and oxygen atoms in total. The maximum Gasteiger partial charge on any atom is 0.339 e. The summed E-state index contributed by atoms with van der Waals surface area (Å²) in [7, 11) is 1.33. The van der Waals surface area contributed by atoms with Crippen LogP contribution < -0.4 is 11.5 Å². The predicted molar refractivity (Wildman–Crippen MR) is 64.9 cm³/mol. The van der Waals surface area contributed by atoms with Crippen molar-refractivity contribution in [2.24, 2.45) is 5.73 Å². The number of benzene rings is 1. The number of carbonyl (C=O) groups excluding carboxylic acids is 1. The SMILES string of the molecule is COC(=O)c1ccc(C=CCCN)cc1N. The van der Waals surface area contributed by atoms with Crippen molar-refractivity contribution in [3.8, 4) is 0 Å². The monoisotopic (exact) mass is 220 g/mol. The highest BCUT2D eigenvalue weighted by molar-refractivity contribution is 5.95. The molecule has 1 aromatic rings. The molecular weight excluding hydrogens is 204 g/mol. The van der Waals surface area contributed by atoms with E-state index in [4.69, 9.17) is 11.5 Å². The maximum atomic E-state index is 11.3. The number of nitrogen functional groups attached to an aromatic ring is 1. The van der Waals surface area contributed by atoms with Gasteiger partial charge in [-0.15, -0.1) is 0 Å². The van der Waals surface area contributed by atoms with E-state index in [9.17, 15) is 4.79 Å². The molecule has 0 aliphatic heterocycles. The van der Waals surface area contributed by atoms with Gasteiger partial charge in [-0.3, -0.25) is 0 Å². The fraction of sp³-hybridized carbons (Fsp3) is 0.250. The molecule has 0 saturated heterocycles. The number of hydrogen-bond donors (Lipinski definition) is 2. The highest BCUT2D eigenvalue weighted by Crippen LogP contribution is 2.16. The van der Waals surface area contributed by atoms with Gasteiger partial charge in [-0.25, -0.2) is 4.79 Å². The molecule has 0 radical (unpaired) electrons. The van der Waals surface area contributed by atoms with E-state index < -0.39 is 5.97 Å². The van der Waals surface area contributed by atoms with E-state index in [1.165, 1.54) is 7.11 Å². The second-order valence-corrected chi connectivity index (χ2v) is 3.32. The third-order valence-electron chi connectivity index (χ3n) is 2.12. The molecule has 0 saturated carbocycles. The van der Waals surface area contributed by atoms with Gasteiger partial charge in [0, 0.05) is 5.69 Å². The third-order valence-corrected chi connectivity index (χ3v) is 2.12. The Labute approximate surface area is 94.9 Å². The zero-order valence-corrected chi connectivity index (χ0v) is 9.27. The Morgan fingerprint density at radius 2 is 2.25 bits per heavy atom. The molecular formula is C12H16N2O2. The Morgan fingerprint density at radius 3 is 2.81 bits per heavy atom. The number of rotatable bonds is 4. The molecule has 4 N–H and O–H groups in total. The summed E-state index contributed by atoms with van der Waals surface area (Å²) in [5, 5.41) is 0. The minimum absolute atomic E-state index is 0.387. The zero-order chi connectivity index (χ0) is 12.0. The second kappa shape index (κ2) is 5.92. The number of ether oxygens (including phenoxy) is 1. The van der Waals surface area contributed by atoms with Crippen LogP contribution >= 0.6 is 0 Å². The molecule has 0 spiro atoms. The van der Waals surface area contributed by atoms with Gasteiger partial charge in [-0.1, -0.05) is 18.2 Å². The quantitative estimate of drug-likeness (QED) is 0.594. The Kier molecular flexibility index (Phi) is 4.54. The topological polar surface area (TPSA) is 78.3 Å². The first-order valence-electron chi connectivity index (χ1n) is 5.03. The first kappa shape index (κ1) is 12.3. The molecule has 0 aromatic heterocycles. The van der Waals surface area contributed by atoms with Crippen LogP contribution in [0.1, 0.15) is 22.3 Å². The van der Waals surface area contributed by atoms with Gasteiger partial charge >= 0.3 is 5.97 Å². The maximum absolute atomic E-state index is 11.3. The van der Waals surface area contributed by atoms with Gasteiger partial charge in [-0.05, 0) is 30.7 Å². The molecule has 16 heavy (non-hydrogen) atoms. The average Bonchev–Trinajstić information content (AvgIpc) is 2.29. The van der Waals surface area contributed by atoms with Crippen molar-refractivity contribution < 1.29 is 9.53 Å². The van der Waals surface area contributed by atoms with Gasteiger partial charge in [0.1, 0.15) is 0 Å². The molecule has 0 aliphatic carbocycles. The summed E-state index contributed by atoms with van der Waals surface area (Å²) in [4.78, 5) is 11.3. The van der Waals surface area contributed by atoms with Crippen molar-refractivity contribution >= 4 is 17.7 Å². The summed E-state index contributed by atoms with van der Waals surface area (Å²) < 4.78 is 4.60. The molecule has 0 heterocycles. The van der Waals surface area contributed by atoms with Gasteiger partial charge in [0.15, 0.2) is 0 Å². The second-order valence-electron chi connectivity index (χ2n) is 3.32. The van der Waals surface area contributed by atoms with Crippen LogP contribution in [0.5, 0.6) is 0 Å². The predicted octanol–water partition coefficient (Wildman–Crippen LogP) is 1.42. The van der Waals surface area contributed by atoms with E-state index >= 15 is 0 Å². The summed E-state index contributed by atoms with van der Waals surface area (Å²) in [6, 6.07) is 5.21. The fourth-order valence-electron chi connectivity index (χ4n) is 1.30. The van der Waals surface area contributed by atoms with Crippen LogP contribution in [0.4, 0.5) is 5.69 Å². The lowest BCUT2D eigenvalue weighted by molar-refractivity contribution is 0.0602. The first-order chi connectivity index (χ1) is 7.69. The Hall–Kier alpha value is -1.81. The van der Waals surface area contributed by atoms with Crippen molar-refractivity contribution in [1.29, 1.82) is 0 Å². The molecule has 0 atom stereocenters. The van der Waals surface area contributed by atoms with E-state index in [2.05, 4.69) is 4.74 Å². The standard InChI is InChI=1S/C12H16N2O2/c1-16-12(15)10-6-5-9(8-11(10)14)4-2-3-7-13/h2,4-6,8H,3,7,13-14H2,1H3. The molecule has 0 fully saturated rings. The van der Waals surface area contributed by atoms with Gasteiger partial charge in [0.2, 0.25) is 0 Å². The molecule has 0 unspecified atom stereocenters. The molecule has 4 heteroatoms. The van der Waals surface area contributed by atoms with Crippen molar-refractivity contribution in [3.05, 3.63) is 35.4 Å². The van der Waals surface area contributed by atoms with Crippen LogP contribution in [0.25, 0.3) is 6.08 Å². The number of methoxy groups -OCH3 is 1. The first-order valence-corrected chi connectivity index (χ1v) is 5.03. The van der Waals surface area contributed by atoms with Crippen LogP contribution in [0.3, 0.4) is 0 Å². The van der Waals surface area contributed by atoms with Crippen molar-refractivity contribution in [2.75, 3.05) is 19.4 Å². The normalized spacial score (nSPS) is 10.6. The van der Waals surface area contributed by atoms with E-state index in [-0.39, 0.29) is 0 Å². The molecule has 1 aromatic carbocycles. The van der Waals surface area contributed by atoms with Crippen molar-refractivity contribution in [3.63, 3.8) is 0 Å². The fourth-order valence-corrected chi connectivity index (χ4v) is 1.30. The van der Waals surface area contributed by atoms with Crippen LogP contribution in [0, 0.1) is 0 Å². The number of carbonyl (C=O) groups is 1. The lowest BCUT2D eigenvalue weighted by Gasteiger charge is -2.04. The summed E-state index contributed by atoms with van der Waals surface area (Å²) in [5.41, 5.74) is 12.9. The van der Waals surface area contributed by atoms with Crippen LogP contribution in [0.2, 0.25) is 0 Å². The zero-order valence-electron chi connectivity index (χ0n) is 9.27. The number of hydrogen-bond acceptors (Lipinski definition) is 4. The molecule has 86 valence electrons. The van der Waals surface area contributed by atoms with E-state index in [1.807, 2.05) is 18.2 Å². The highest BCUT2D eigenvalue weighted by atomic mass is 16.5. The van der Waals surface area contributed by atoms with E-state index in [0.717, 1.165) is 12.0 Å². The molecule has 0 bridgehead atoms. The van der Waals surface area contributed by atoms with Gasteiger partial charge < -0.3 is 16.2 Å².